The Balaban J connectivity index is 2.19. The lowest BCUT2D eigenvalue weighted by Crippen LogP contribution is -2.17. The van der Waals surface area contributed by atoms with Gasteiger partial charge in [0, 0.05) is 15.8 Å². The van der Waals surface area contributed by atoms with E-state index in [9.17, 15) is 8.78 Å². The predicted octanol–water partition coefficient (Wildman–Crippen LogP) is 4.31. The molecule has 1 unspecified atom stereocenters. The highest BCUT2D eigenvalue weighted by Gasteiger charge is 2.07. The van der Waals surface area contributed by atoms with Crippen molar-refractivity contribution in [3.05, 3.63) is 59.2 Å². The van der Waals surface area contributed by atoms with Crippen LogP contribution in [0.15, 0.2) is 46.2 Å². The Morgan fingerprint density at radius 1 is 1.10 bits per heavy atom. The minimum Gasteiger partial charge on any atom is -0.328 e. The van der Waals surface area contributed by atoms with Crippen LogP contribution in [0.3, 0.4) is 0 Å². The van der Waals surface area contributed by atoms with Crippen LogP contribution in [0.25, 0.3) is 0 Å². The molecule has 1 atom stereocenters. The maximum atomic E-state index is 13.2. The summed E-state index contributed by atoms with van der Waals surface area (Å²) in [7, 11) is 0. The number of nitrogens with two attached hydrogens (primary N) is 1. The van der Waals surface area contributed by atoms with Gasteiger partial charge in [-0.05, 0) is 55.7 Å². The molecule has 106 valence electrons. The van der Waals surface area contributed by atoms with Crippen LogP contribution in [0.1, 0.15) is 18.1 Å². The third-order valence-corrected chi connectivity index (χ3v) is 4.08. The summed E-state index contributed by atoms with van der Waals surface area (Å²) in [6.07, 6.45) is 0.830. The third kappa shape index (κ3) is 3.81. The lowest BCUT2D eigenvalue weighted by molar-refractivity contribution is 0.506. The van der Waals surface area contributed by atoms with Crippen LogP contribution in [-0.2, 0) is 6.42 Å². The lowest BCUT2D eigenvalue weighted by Gasteiger charge is -2.10. The van der Waals surface area contributed by atoms with E-state index in [-0.39, 0.29) is 6.04 Å². The molecule has 0 aliphatic rings. The van der Waals surface area contributed by atoms with Crippen molar-refractivity contribution in [2.24, 2.45) is 5.73 Å². The van der Waals surface area contributed by atoms with Crippen molar-refractivity contribution < 1.29 is 8.78 Å². The average molecular weight is 293 g/mol. The molecule has 2 aromatic rings. The van der Waals surface area contributed by atoms with Gasteiger partial charge in [0.2, 0.25) is 0 Å². The highest BCUT2D eigenvalue weighted by molar-refractivity contribution is 7.99. The number of hydrogen-bond acceptors (Lipinski definition) is 2. The number of hydrogen-bond donors (Lipinski definition) is 1. The van der Waals surface area contributed by atoms with E-state index >= 15 is 0 Å². The molecule has 0 saturated carbocycles. The lowest BCUT2D eigenvalue weighted by atomic mass is 10.1. The molecular formula is C16H17F2NS. The van der Waals surface area contributed by atoms with Crippen LogP contribution in [0.5, 0.6) is 0 Å². The Labute approximate surface area is 122 Å². The van der Waals surface area contributed by atoms with Crippen molar-refractivity contribution in [3.63, 3.8) is 0 Å². The van der Waals surface area contributed by atoms with Gasteiger partial charge in [-0.3, -0.25) is 0 Å². The van der Waals surface area contributed by atoms with Crippen LogP contribution in [0.2, 0.25) is 0 Å². The second-order valence-electron chi connectivity index (χ2n) is 4.96. The van der Waals surface area contributed by atoms with Crippen molar-refractivity contribution in [1.82, 2.24) is 0 Å². The van der Waals surface area contributed by atoms with Gasteiger partial charge in [-0.2, -0.15) is 0 Å². The smallest absolute Gasteiger partial charge is 0.159 e. The van der Waals surface area contributed by atoms with E-state index in [1.54, 1.807) is 6.07 Å². The van der Waals surface area contributed by atoms with Crippen LogP contribution >= 0.6 is 11.8 Å². The standard InChI is InChI=1S/C16H17F2NS/c1-10-7-12(8-11(2)19)3-6-16(10)20-13-4-5-14(17)15(18)9-13/h3-7,9,11H,8,19H2,1-2H3. The summed E-state index contributed by atoms with van der Waals surface area (Å²) in [6.45, 7) is 3.98. The van der Waals surface area contributed by atoms with Crippen molar-refractivity contribution >= 4 is 11.8 Å². The van der Waals surface area contributed by atoms with Gasteiger partial charge in [0.1, 0.15) is 0 Å². The molecule has 0 aromatic heterocycles. The van der Waals surface area contributed by atoms with E-state index in [2.05, 4.69) is 6.07 Å². The molecule has 0 radical (unpaired) electrons. The quantitative estimate of drug-likeness (QED) is 0.909. The Morgan fingerprint density at radius 2 is 1.85 bits per heavy atom. The largest absolute Gasteiger partial charge is 0.328 e. The molecule has 2 rings (SSSR count). The molecular weight excluding hydrogens is 276 g/mol. The maximum absolute atomic E-state index is 13.2. The fourth-order valence-electron chi connectivity index (χ4n) is 1.99. The average Bonchev–Trinajstić information content (AvgIpc) is 2.36. The molecule has 0 bridgehead atoms. The molecule has 0 aliphatic carbocycles. The van der Waals surface area contributed by atoms with E-state index in [0.29, 0.717) is 4.90 Å². The molecule has 0 heterocycles. The fourth-order valence-corrected chi connectivity index (χ4v) is 2.90. The van der Waals surface area contributed by atoms with Gasteiger partial charge in [0.15, 0.2) is 11.6 Å². The molecule has 2 aromatic carbocycles. The normalized spacial score (nSPS) is 12.4. The molecule has 0 fully saturated rings. The highest BCUT2D eigenvalue weighted by Crippen LogP contribution is 2.31. The maximum Gasteiger partial charge on any atom is 0.159 e. The Kier molecular flexibility index (Phi) is 4.78. The van der Waals surface area contributed by atoms with Gasteiger partial charge in [-0.25, -0.2) is 8.78 Å². The van der Waals surface area contributed by atoms with Crippen molar-refractivity contribution in [2.45, 2.75) is 36.1 Å². The van der Waals surface area contributed by atoms with E-state index in [0.717, 1.165) is 22.9 Å². The molecule has 4 heteroatoms. The number of halogens is 2. The van der Waals surface area contributed by atoms with Crippen LogP contribution in [-0.4, -0.2) is 6.04 Å². The van der Waals surface area contributed by atoms with Crippen molar-refractivity contribution in [2.75, 3.05) is 0 Å². The molecule has 20 heavy (non-hydrogen) atoms. The monoisotopic (exact) mass is 293 g/mol. The van der Waals surface area contributed by atoms with Crippen molar-refractivity contribution in [1.29, 1.82) is 0 Å². The summed E-state index contributed by atoms with van der Waals surface area (Å²) in [5.41, 5.74) is 8.08. The molecule has 0 amide bonds. The van der Waals surface area contributed by atoms with E-state index in [4.69, 9.17) is 5.73 Å². The fraction of sp³-hybridized carbons (Fsp3) is 0.250. The first kappa shape index (κ1) is 15.0. The first-order valence-electron chi connectivity index (χ1n) is 6.43. The van der Waals surface area contributed by atoms with Gasteiger partial charge < -0.3 is 5.73 Å². The first-order chi connectivity index (χ1) is 9.45. The van der Waals surface area contributed by atoms with Gasteiger partial charge in [0.25, 0.3) is 0 Å². The number of aryl methyl sites for hydroxylation is 1. The van der Waals surface area contributed by atoms with Gasteiger partial charge >= 0.3 is 0 Å². The SMILES string of the molecule is Cc1cc(CC(C)N)ccc1Sc1ccc(F)c(F)c1. The Hall–Kier alpha value is -1.39. The summed E-state index contributed by atoms with van der Waals surface area (Å²) in [5.74, 6) is -1.64. The number of rotatable bonds is 4. The van der Waals surface area contributed by atoms with Gasteiger partial charge in [-0.15, -0.1) is 0 Å². The molecule has 0 saturated heterocycles. The van der Waals surface area contributed by atoms with Crippen LogP contribution < -0.4 is 5.73 Å². The van der Waals surface area contributed by atoms with Gasteiger partial charge in [-0.1, -0.05) is 23.9 Å². The van der Waals surface area contributed by atoms with E-state index in [1.807, 2.05) is 26.0 Å². The molecule has 0 spiro atoms. The van der Waals surface area contributed by atoms with Crippen LogP contribution in [0.4, 0.5) is 8.78 Å². The van der Waals surface area contributed by atoms with Crippen LogP contribution in [0, 0.1) is 18.6 Å². The summed E-state index contributed by atoms with van der Waals surface area (Å²) in [5, 5.41) is 0. The Morgan fingerprint density at radius 3 is 2.45 bits per heavy atom. The highest BCUT2D eigenvalue weighted by atomic mass is 32.2. The summed E-state index contributed by atoms with van der Waals surface area (Å²) < 4.78 is 26.1. The second-order valence-corrected chi connectivity index (χ2v) is 6.07. The molecule has 2 N–H and O–H groups in total. The van der Waals surface area contributed by atoms with Crippen molar-refractivity contribution in [3.8, 4) is 0 Å². The zero-order chi connectivity index (χ0) is 14.7. The molecule has 0 aliphatic heterocycles. The third-order valence-electron chi connectivity index (χ3n) is 2.92. The minimum absolute atomic E-state index is 0.124. The summed E-state index contributed by atoms with van der Waals surface area (Å²) >= 11 is 1.43. The zero-order valence-electron chi connectivity index (χ0n) is 11.5. The van der Waals surface area contributed by atoms with E-state index in [1.165, 1.54) is 23.4 Å². The summed E-state index contributed by atoms with van der Waals surface area (Å²) in [4.78, 5) is 1.72. The van der Waals surface area contributed by atoms with Gasteiger partial charge in [0.05, 0.1) is 0 Å². The predicted molar refractivity (Wildman–Crippen MR) is 79.0 cm³/mol. The number of benzene rings is 2. The Bertz CT molecular complexity index is 611. The van der Waals surface area contributed by atoms with E-state index < -0.39 is 11.6 Å². The second kappa shape index (κ2) is 6.37. The zero-order valence-corrected chi connectivity index (χ0v) is 12.3. The minimum atomic E-state index is -0.821. The summed E-state index contributed by atoms with van der Waals surface area (Å²) in [6, 6.07) is 10.2. The topological polar surface area (TPSA) is 26.0 Å². The first-order valence-corrected chi connectivity index (χ1v) is 7.25. The molecule has 1 nitrogen and oxygen atoms in total.